The molecule has 0 radical (unpaired) electrons. The van der Waals surface area contributed by atoms with Crippen molar-refractivity contribution in [2.24, 2.45) is 5.92 Å². The molecule has 112 valence electrons. The van der Waals surface area contributed by atoms with Crippen molar-refractivity contribution in [1.82, 2.24) is 15.2 Å². The highest BCUT2D eigenvalue weighted by Crippen LogP contribution is 2.32. The van der Waals surface area contributed by atoms with Gasteiger partial charge in [-0.1, -0.05) is 11.6 Å². The van der Waals surface area contributed by atoms with Gasteiger partial charge < -0.3 is 9.72 Å². The Labute approximate surface area is 128 Å². The number of hydrogen-bond donors (Lipinski definition) is 1. The maximum absolute atomic E-state index is 12.3. The number of aromatic amines is 1. The van der Waals surface area contributed by atoms with Crippen LogP contribution < -0.4 is 0 Å². The van der Waals surface area contributed by atoms with E-state index in [4.69, 9.17) is 16.3 Å². The third-order valence-electron chi connectivity index (χ3n) is 3.66. The molecule has 0 saturated carbocycles. The molecular weight excluding hydrogens is 290 g/mol. The second kappa shape index (κ2) is 4.98. The van der Waals surface area contributed by atoms with Gasteiger partial charge >= 0.3 is 5.97 Å². The molecule has 0 aromatic carbocycles. The summed E-state index contributed by atoms with van der Waals surface area (Å²) >= 11 is 5.93. The fourth-order valence-corrected chi connectivity index (χ4v) is 2.92. The van der Waals surface area contributed by atoms with Gasteiger partial charge in [-0.25, -0.2) is 0 Å². The minimum atomic E-state index is -0.452. The molecule has 1 aliphatic carbocycles. The Morgan fingerprint density at radius 3 is 2.90 bits per heavy atom. The lowest BCUT2D eigenvalue weighted by Crippen LogP contribution is -2.31. The number of carbonyl (C=O) groups excluding carboxylic acids is 1. The van der Waals surface area contributed by atoms with Crippen LogP contribution in [0.1, 0.15) is 38.4 Å². The minimum Gasteiger partial charge on any atom is -0.460 e. The molecule has 21 heavy (non-hydrogen) atoms. The Balaban J connectivity index is 1.89. The first-order valence-electron chi connectivity index (χ1n) is 7.09. The summed E-state index contributed by atoms with van der Waals surface area (Å²) in [6, 6.07) is 1.80. The Kier molecular flexibility index (Phi) is 3.40. The number of rotatable bonds is 1. The number of H-pyrrole nitrogens is 1. The maximum Gasteiger partial charge on any atom is 0.309 e. The summed E-state index contributed by atoms with van der Waals surface area (Å²) in [5.41, 5.74) is 2.52. The maximum atomic E-state index is 12.3. The standard InChI is InChI=1S/C15H18ClN3O2/c1-15(2,3)21-14(20)8-4-5-11-9(6-8)10-7-12(16)18-19-13(10)17-11/h7-8H,4-6H2,1-3H3,(H,17,19). The Bertz CT molecular complexity index is 703. The summed E-state index contributed by atoms with van der Waals surface area (Å²) in [5.74, 6) is -0.238. The van der Waals surface area contributed by atoms with E-state index in [1.165, 1.54) is 0 Å². The van der Waals surface area contributed by atoms with Crippen molar-refractivity contribution < 1.29 is 9.53 Å². The molecule has 1 unspecified atom stereocenters. The molecule has 2 heterocycles. The molecule has 1 N–H and O–H groups in total. The van der Waals surface area contributed by atoms with Gasteiger partial charge in [-0.3, -0.25) is 4.79 Å². The average Bonchev–Trinajstić information content (AvgIpc) is 2.74. The van der Waals surface area contributed by atoms with E-state index in [9.17, 15) is 4.79 Å². The highest BCUT2D eigenvalue weighted by atomic mass is 35.5. The summed E-state index contributed by atoms with van der Waals surface area (Å²) in [6.07, 6.45) is 2.26. The third kappa shape index (κ3) is 2.88. The highest BCUT2D eigenvalue weighted by Gasteiger charge is 2.31. The average molecular weight is 308 g/mol. The van der Waals surface area contributed by atoms with Gasteiger partial charge in [0.1, 0.15) is 5.60 Å². The zero-order valence-electron chi connectivity index (χ0n) is 12.4. The normalized spacial score (nSPS) is 18.6. The lowest BCUT2D eigenvalue weighted by atomic mass is 9.86. The van der Waals surface area contributed by atoms with Crippen molar-refractivity contribution in [1.29, 1.82) is 0 Å². The van der Waals surface area contributed by atoms with E-state index in [1.807, 2.05) is 20.8 Å². The molecule has 1 aliphatic rings. The van der Waals surface area contributed by atoms with Crippen LogP contribution in [0.5, 0.6) is 0 Å². The monoisotopic (exact) mass is 307 g/mol. The molecule has 0 spiro atoms. The Hall–Kier alpha value is -1.62. The Morgan fingerprint density at radius 2 is 2.19 bits per heavy atom. The molecular formula is C15H18ClN3O2. The summed E-state index contributed by atoms with van der Waals surface area (Å²) in [5, 5.41) is 9.23. The molecule has 0 aliphatic heterocycles. The highest BCUT2D eigenvalue weighted by molar-refractivity contribution is 6.29. The first kappa shape index (κ1) is 14.3. The topological polar surface area (TPSA) is 67.9 Å². The first-order valence-corrected chi connectivity index (χ1v) is 7.47. The van der Waals surface area contributed by atoms with E-state index in [0.29, 0.717) is 11.6 Å². The van der Waals surface area contributed by atoms with Crippen molar-refractivity contribution in [3.63, 3.8) is 0 Å². The van der Waals surface area contributed by atoms with Crippen molar-refractivity contribution in [2.75, 3.05) is 0 Å². The van der Waals surface area contributed by atoms with E-state index < -0.39 is 5.60 Å². The fraction of sp³-hybridized carbons (Fsp3) is 0.533. The molecule has 0 bridgehead atoms. The molecule has 5 nitrogen and oxygen atoms in total. The number of halogens is 1. The lowest BCUT2D eigenvalue weighted by Gasteiger charge is -2.26. The first-order chi connectivity index (χ1) is 9.83. The van der Waals surface area contributed by atoms with Gasteiger partial charge in [-0.05, 0) is 51.7 Å². The number of ether oxygens (including phenoxy) is 1. The van der Waals surface area contributed by atoms with Crippen molar-refractivity contribution in [2.45, 2.75) is 45.6 Å². The molecule has 0 saturated heterocycles. The van der Waals surface area contributed by atoms with Crippen LogP contribution in [-0.2, 0) is 22.4 Å². The van der Waals surface area contributed by atoms with Gasteiger partial charge in [0.2, 0.25) is 0 Å². The lowest BCUT2D eigenvalue weighted by molar-refractivity contribution is -0.160. The van der Waals surface area contributed by atoms with Crippen LogP contribution in [0.3, 0.4) is 0 Å². The predicted molar refractivity (Wildman–Crippen MR) is 80.3 cm³/mol. The van der Waals surface area contributed by atoms with E-state index in [2.05, 4.69) is 15.2 Å². The number of aryl methyl sites for hydroxylation is 1. The van der Waals surface area contributed by atoms with Crippen molar-refractivity contribution in [3.8, 4) is 0 Å². The molecule has 0 fully saturated rings. The summed E-state index contributed by atoms with van der Waals surface area (Å²) in [4.78, 5) is 15.5. The van der Waals surface area contributed by atoms with Gasteiger partial charge in [0.15, 0.2) is 10.8 Å². The summed E-state index contributed by atoms with van der Waals surface area (Å²) < 4.78 is 5.50. The molecule has 6 heteroatoms. The van der Waals surface area contributed by atoms with Crippen LogP contribution in [-0.4, -0.2) is 26.8 Å². The molecule has 0 amide bonds. The zero-order valence-corrected chi connectivity index (χ0v) is 13.1. The van der Waals surface area contributed by atoms with Gasteiger partial charge in [0.05, 0.1) is 5.92 Å². The second-order valence-corrected chi connectivity index (χ2v) is 6.87. The molecule has 3 rings (SSSR count). The molecule has 1 atom stereocenters. The van der Waals surface area contributed by atoms with Gasteiger partial charge in [0, 0.05) is 11.1 Å². The number of esters is 1. The number of nitrogens with zero attached hydrogens (tertiary/aromatic N) is 2. The van der Waals surface area contributed by atoms with Crippen LogP contribution in [0.2, 0.25) is 5.15 Å². The van der Waals surface area contributed by atoms with Crippen molar-refractivity contribution in [3.05, 3.63) is 22.5 Å². The molecule has 2 aromatic heterocycles. The summed E-state index contributed by atoms with van der Waals surface area (Å²) in [6.45, 7) is 5.67. The number of aromatic nitrogens is 3. The predicted octanol–water partition coefficient (Wildman–Crippen LogP) is 3.06. The van der Waals surface area contributed by atoms with Crippen LogP contribution in [0.4, 0.5) is 0 Å². The number of fused-ring (bicyclic) bond motifs is 3. The van der Waals surface area contributed by atoms with Crippen molar-refractivity contribution >= 4 is 28.6 Å². The quantitative estimate of drug-likeness (QED) is 0.822. The van der Waals surface area contributed by atoms with E-state index in [-0.39, 0.29) is 11.9 Å². The third-order valence-corrected chi connectivity index (χ3v) is 3.84. The smallest absolute Gasteiger partial charge is 0.309 e. The van der Waals surface area contributed by atoms with Crippen LogP contribution in [0.25, 0.3) is 11.0 Å². The Morgan fingerprint density at radius 1 is 1.43 bits per heavy atom. The largest absolute Gasteiger partial charge is 0.460 e. The van der Waals surface area contributed by atoms with E-state index in [0.717, 1.165) is 35.1 Å². The summed E-state index contributed by atoms with van der Waals surface area (Å²) in [7, 11) is 0. The SMILES string of the molecule is CC(C)(C)OC(=O)C1CCc2[nH]c3nnc(Cl)cc3c2C1. The van der Waals surface area contributed by atoms with Crippen LogP contribution >= 0.6 is 11.6 Å². The van der Waals surface area contributed by atoms with E-state index >= 15 is 0 Å². The number of hydrogen-bond acceptors (Lipinski definition) is 4. The van der Waals surface area contributed by atoms with Crippen LogP contribution in [0.15, 0.2) is 6.07 Å². The number of carbonyl (C=O) groups is 1. The van der Waals surface area contributed by atoms with Crippen LogP contribution in [0, 0.1) is 5.92 Å². The zero-order chi connectivity index (χ0) is 15.2. The fourth-order valence-electron chi connectivity index (χ4n) is 2.77. The number of nitrogens with one attached hydrogen (secondary N) is 1. The van der Waals surface area contributed by atoms with Gasteiger partial charge in [-0.15, -0.1) is 10.2 Å². The molecule has 2 aromatic rings. The van der Waals surface area contributed by atoms with Gasteiger partial charge in [0.25, 0.3) is 0 Å². The van der Waals surface area contributed by atoms with Gasteiger partial charge in [-0.2, -0.15) is 0 Å². The van der Waals surface area contributed by atoms with E-state index in [1.54, 1.807) is 6.07 Å². The second-order valence-electron chi connectivity index (χ2n) is 6.48. The minimum absolute atomic E-state index is 0.109.